The lowest BCUT2D eigenvalue weighted by molar-refractivity contribution is -0.116. The van der Waals surface area contributed by atoms with Crippen LogP contribution in [0.2, 0.25) is 5.02 Å². The van der Waals surface area contributed by atoms with E-state index in [1.54, 1.807) is 0 Å². The highest BCUT2D eigenvalue weighted by Crippen LogP contribution is 2.30. The van der Waals surface area contributed by atoms with Crippen LogP contribution in [0.1, 0.15) is 22.3 Å². The minimum Gasteiger partial charge on any atom is -0.326 e. The molecule has 0 radical (unpaired) electrons. The second kappa shape index (κ2) is 7.09. The number of hydrogen-bond acceptors (Lipinski definition) is 4. The Bertz CT molecular complexity index is 1070. The van der Waals surface area contributed by atoms with Gasteiger partial charge in [-0.15, -0.1) is 11.3 Å². The Morgan fingerprint density at radius 3 is 2.89 bits per heavy atom. The second-order valence-electron chi connectivity index (χ2n) is 6.04. The third-order valence-corrected chi connectivity index (χ3v) is 5.19. The molecule has 4 rings (SSSR count). The molecule has 2 N–H and O–H groups in total. The van der Waals surface area contributed by atoms with Crippen molar-refractivity contribution in [1.82, 2.24) is 4.98 Å². The third kappa shape index (κ3) is 3.70. The van der Waals surface area contributed by atoms with Crippen LogP contribution in [0.5, 0.6) is 0 Å². The summed E-state index contributed by atoms with van der Waals surface area (Å²) in [6.07, 6.45) is 1.14. The summed E-state index contributed by atoms with van der Waals surface area (Å²) in [5, 5.41) is 7.86. The number of anilines is 2. The average Bonchev–Trinajstić information content (AvgIpc) is 3.09. The van der Waals surface area contributed by atoms with E-state index < -0.39 is 11.7 Å². The van der Waals surface area contributed by atoms with Crippen LogP contribution in [0.4, 0.5) is 15.2 Å². The summed E-state index contributed by atoms with van der Waals surface area (Å²) in [7, 11) is 0. The lowest BCUT2D eigenvalue weighted by atomic mass is 9.99. The van der Waals surface area contributed by atoms with Gasteiger partial charge in [-0.05, 0) is 42.3 Å². The van der Waals surface area contributed by atoms with Crippen molar-refractivity contribution in [3.05, 3.63) is 63.7 Å². The Labute approximate surface area is 163 Å². The van der Waals surface area contributed by atoms with Crippen LogP contribution >= 0.6 is 22.9 Å². The maximum Gasteiger partial charge on any atom is 0.260 e. The highest BCUT2D eigenvalue weighted by atomic mass is 35.5. The van der Waals surface area contributed by atoms with Gasteiger partial charge in [0, 0.05) is 28.1 Å². The SMILES string of the molecule is O=C1CCc2cc(-c3csc(NC(=O)c4ccc(Cl)cc4F)n3)ccc2N1. The van der Waals surface area contributed by atoms with Crippen LogP contribution in [0.3, 0.4) is 0 Å². The summed E-state index contributed by atoms with van der Waals surface area (Å²) >= 11 is 6.96. The van der Waals surface area contributed by atoms with Gasteiger partial charge in [-0.2, -0.15) is 0 Å². The minimum atomic E-state index is -0.687. The maximum atomic E-state index is 13.9. The molecule has 136 valence electrons. The first-order valence-corrected chi connectivity index (χ1v) is 9.40. The first-order chi connectivity index (χ1) is 13.0. The van der Waals surface area contributed by atoms with Gasteiger partial charge >= 0.3 is 0 Å². The number of aryl methyl sites for hydroxylation is 1. The van der Waals surface area contributed by atoms with E-state index in [9.17, 15) is 14.0 Å². The van der Waals surface area contributed by atoms with Crippen LogP contribution in [0.15, 0.2) is 41.8 Å². The van der Waals surface area contributed by atoms with Gasteiger partial charge < -0.3 is 5.32 Å². The zero-order valence-electron chi connectivity index (χ0n) is 13.9. The number of halogens is 2. The summed E-state index contributed by atoms with van der Waals surface area (Å²) in [6, 6.07) is 9.58. The number of fused-ring (bicyclic) bond motifs is 1. The topological polar surface area (TPSA) is 71.1 Å². The predicted molar refractivity (Wildman–Crippen MR) is 104 cm³/mol. The van der Waals surface area contributed by atoms with E-state index in [-0.39, 0.29) is 16.5 Å². The van der Waals surface area contributed by atoms with Gasteiger partial charge in [-0.25, -0.2) is 9.37 Å². The molecule has 0 saturated heterocycles. The zero-order chi connectivity index (χ0) is 19.0. The zero-order valence-corrected chi connectivity index (χ0v) is 15.5. The van der Waals surface area contributed by atoms with Crippen molar-refractivity contribution >= 4 is 45.6 Å². The molecule has 3 aromatic rings. The van der Waals surface area contributed by atoms with Crippen LogP contribution in [0, 0.1) is 5.82 Å². The molecule has 0 atom stereocenters. The number of nitrogens with one attached hydrogen (secondary N) is 2. The lowest BCUT2D eigenvalue weighted by Gasteiger charge is -2.17. The fourth-order valence-electron chi connectivity index (χ4n) is 2.84. The van der Waals surface area contributed by atoms with Crippen molar-refractivity contribution in [2.24, 2.45) is 0 Å². The van der Waals surface area contributed by atoms with E-state index in [0.717, 1.165) is 22.9 Å². The predicted octanol–water partition coefficient (Wildman–Crippen LogP) is 4.74. The van der Waals surface area contributed by atoms with Gasteiger partial charge in [0.25, 0.3) is 5.91 Å². The number of benzene rings is 2. The number of carbonyl (C=O) groups is 2. The number of nitrogens with zero attached hydrogens (tertiary/aromatic N) is 1. The normalized spacial score (nSPS) is 13.0. The smallest absolute Gasteiger partial charge is 0.260 e. The molecular weight excluding hydrogens is 389 g/mol. The van der Waals surface area contributed by atoms with Gasteiger partial charge in [0.15, 0.2) is 5.13 Å². The summed E-state index contributed by atoms with van der Waals surface area (Å²) in [4.78, 5) is 28.1. The fourth-order valence-corrected chi connectivity index (χ4v) is 3.72. The first kappa shape index (κ1) is 17.6. The Hall–Kier alpha value is -2.77. The number of carbonyl (C=O) groups excluding carboxylic acids is 2. The molecule has 5 nitrogen and oxygen atoms in total. The van der Waals surface area contributed by atoms with Crippen molar-refractivity contribution in [2.75, 3.05) is 10.6 Å². The molecule has 2 heterocycles. The number of amides is 2. The van der Waals surface area contributed by atoms with Gasteiger partial charge in [0.05, 0.1) is 11.3 Å². The average molecular weight is 402 g/mol. The first-order valence-electron chi connectivity index (χ1n) is 8.15. The monoisotopic (exact) mass is 401 g/mol. The Balaban J connectivity index is 1.53. The van der Waals surface area contributed by atoms with Crippen molar-refractivity contribution in [3.8, 4) is 11.3 Å². The Morgan fingerprint density at radius 1 is 1.22 bits per heavy atom. The molecular formula is C19H13ClFN3O2S. The maximum absolute atomic E-state index is 13.9. The molecule has 1 aliphatic rings. The molecule has 0 bridgehead atoms. The Kier molecular flexibility index (Phi) is 4.63. The van der Waals surface area contributed by atoms with E-state index in [0.29, 0.717) is 23.7 Å². The lowest BCUT2D eigenvalue weighted by Crippen LogP contribution is -2.18. The van der Waals surface area contributed by atoms with Crippen molar-refractivity contribution in [2.45, 2.75) is 12.8 Å². The molecule has 1 aliphatic heterocycles. The van der Waals surface area contributed by atoms with Gasteiger partial charge in [0.2, 0.25) is 5.91 Å². The summed E-state index contributed by atoms with van der Waals surface area (Å²) in [6.45, 7) is 0. The van der Waals surface area contributed by atoms with Crippen molar-refractivity contribution < 1.29 is 14.0 Å². The van der Waals surface area contributed by atoms with Crippen LogP contribution in [-0.4, -0.2) is 16.8 Å². The number of hydrogen-bond donors (Lipinski definition) is 2. The van der Waals surface area contributed by atoms with Gasteiger partial charge in [-0.1, -0.05) is 17.7 Å². The van der Waals surface area contributed by atoms with Crippen LogP contribution < -0.4 is 10.6 Å². The van der Waals surface area contributed by atoms with E-state index in [2.05, 4.69) is 15.6 Å². The minimum absolute atomic E-state index is 0.0170. The highest BCUT2D eigenvalue weighted by Gasteiger charge is 2.17. The Morgan fingerprint density at radius 2 is 2.07 bits per heavy atom. The molecule has 2 aromatic carbocycles. The molecule has 0 unspecified atom stereocenters. The van der Waals surface area contributed by atoms with E-state index >= 15 is 0 Å². The molecule has 0 fully saturated rings. The summed E-state index contributed by atoms with van der Waals surface area (Å²) in [5.41, 5.74) is 3.36. The molecule has 0 aliphatic carbocycles. The molecule has 0 saturated carbocycles. The van der Waals surface area contributed by atoms with E-state index in [4.69, 9.17) is 11.6 Å². The molecule has 8 heteroatoms. The number of rotatable bonds is 3. The fraction of sp³-hybridized carbons (Fsp3) is 0.105. The van der Waals surface area contributed by atoms with Gasteiger partial charge in [0.1, 0.15) is 5.82 Å². The summed E-state index contributed by atoms with van der Waals surface area (Å²) < 4.78 is 13.9. The molecule has 0 spiro atoms. The number of aromatic nitrogens is 1. The quantitative estimate of drug-likeness (QED) is 0.665. The van der Waals surface area contributed by atoms with E-state index in [1.807, 2.05) is 23.6 Å². The molecule has 1 aromatic heterocycles. The largest absolute Gasteiger partial charge is 0.326 e. The van der Waals surface area contributed by atoms with Crippen molar-refractivity contribution in [3.63, 3.8) is 0 Å². The van der Waals surface area contributed by atoms with Crippen LogP contribution in [0.25, 0.3) is 11.3 Å². The third-order valence-electron chi connectivity index (χ3n) is 4.20. The van der Waals surface area contributed by atoms with E-state index in [1.165, 1.54) is 23.5 Å². The standard InChI is InChI=1S/C19H13ClFN3O2S/c20-12-3-4-13(14(21)8-12)18(26)24-19-23-16(9-27-19)11-1-5-15-10(7-11)2-6-17(25)22-15/h1,3-5,7-9H,2,6H2,(H,22,25)(H,23,24,26). The molecule has 2 amide bonds. The second-order valence-corrected chi connectivity index (χ2v) is 7.33. The van der Waals surface area contributed by atoms with Crippen molar-refractivity contribution in [1.29, 1.82) is 0 Å². The summed E-state index contributed by atoms with van der Waals surface area (Å²) in [5.74, 6) is -1.25. The van der Waals surface area contributed by atoms with Crippen LogP contribution in [-0.2, 0) is 11.2 Å². The van der Waals surface area contributed by atoms with Gasteiger partial charge in [-0.3, -0.25) is 14.9 Å². The molecule has 27 heavy (non-hydrogen) atoms. The number of thiazole rings is 1. The highest BCUT2D eigenvalue weighted by molar-refractivity contribution is 7.14.